The van der Waals surface area contributed by atoms with Gasteiger partial charge in [0.15, 0.2) is 11.5 Å². The Hall–Kier alpha value is -3.02. The van der Waals surface area contributed by atoms with Crippen LogP contribution in [-0.2, 0) is 4.79 Å². The highest BCUT2D eigenvalue weighted by Crippen LogP contribution is 2.33. The van der Waals surface area contributed by atoms with Gasteiger partial charge in [0.2, 0.25) is 12.7 Å². The molecule has 0 atom stereocenters. The lowest BCUT2D eigenvalue weighted by atomic mass is 9.97. The second kappa shape index (κ2) is 6.12. The molecule has 1 saturated heterocycles. The second-order valence-electron chi connectivity index (χ2n) is 6.21. The van der Waals surface area contributed by atoms with E-state index in [1.54, 1.807) is 35.0 Å². The number of fused-ring (bicyclic) bond motifs is 1. The number of para-hydroxylation sites is 1. The summed E-state index contributed by atoms with van der Waals surface area (Å²) in [5.74, 6) is 1.01. The molecular weight excluding hydrogens is 320 g/mol. The first-order chi connectivity index (χ1) is 12.1. The average Bonchev–Trinajstić information content (AvgIpc) is 3.08. The molecule has 2 aromatic carbocycles. The quantitative estimate of drug-likeness (QED) is 0.860. The van der Waals surface area contributed by atoms with Gasteiger partial charge in [0.05, 0.1) is 5.92 Å². The van der Waals surface area contributed by atoms with Crippen LogP contribution in [-0.4, -0.2) is 43.6 Å². The van der Waals surface area contributed by atoms with Gasteiger partial charge in [0.25, 0.3) is 5.91 Å². The largest absolute Gasteiger partial charge is 0.454 e. The molecule has 6 nitrogen and oxygen atoms in total. The number of hydrogen-bond acceptors (Lipinski definition) is 4. The van der Waals surface area contributed by atoms with E-state index >= 15 is 0 Å². The van der Waals surface area contributed by atoms with Crippen LogP contribution in [0.2, 0.25) is 0 Å². The lowest BCUT2D eigenvalue weighted by Gasteiger charge is -2.40. The molecule has 0 N–H and O–H groups in total. The summed E-state index contributed by atoms with van der Waals surface area (Å²) in [6, 6.07) is 14.7. The molecule has 2 aliphatic heterocycles. The third-order valence-corrected chi connectivity index (χ3v) is 4.61. The number of carbonyl (C=O) groups excluding carboxylic acids is 2. The smallest absolute Gasteiger partial charge is 0.254 e. The van der Waals surface area contributed by atoms with Crippen molar-refractivity contribution in [3.8, 4) is 11.5 Å². The van der Waals surface area contributed by atoms with Gasteiger partial charge in [-0.2, -0.15) is 0 Å². The Balaban J connectivity index is 1.38. The normalized spacial score (nSPS) is 15.6. The Morgan fingerprint density at radius 3 is 2.52 bits per heavy atom. The van der Waals surface area contributed by atoms with Gasteiger partial charge in [0.1, 0.15) is 0 Å². The molecule has 0 bridgehead atoms. The first-order valence-corrected chi connectivity index (χ1v) is 8.15. The SMILES string of the molecule is CN(C(=O)C1CN(C(=O)c2ccc3c(c2)OCO3)C1)c1ccccc1. The van der Waals surface area contributed by atoms with Gasteiger partial charge in [-0.05, 0) is 30.3 Å². The molecule has 0 spiro atoms. The van der Waals surface area contributed by atoms with Crippen LogP contribution in [0, 0.1) is 5.92 Å². The van der Waals surface area contributed by atoms with E-state index in [1.165, 1.54) is 0 Å². The number of anilines is 1. The van der Waals surface area contributed by atoms with Crippen molar-refractivity contribution in [1.82, 2.24) is 4.90 Å². The molecule has 0 aromatic heterocycles. The Morgan fingerprint density at radius 1 is 1.04 bits per heavy atom. The van der Waals surface area contributed by atoms with E-state index in [0.29, 0.717) is 30.2 Å². The third-order valence-electron chi connectivity index (χ3n) is 4.61. The number of nitrogens with zero attached hydrogens (tertiary/aromatic N) is 2. The molecule has 25 heavy (non-hydrogen) atoms. The number of likely N-dealkylation sites (tertiary alicyclic amines) is 1. The van der Waals surface area contributed by atoms with Gasteiger partial charge in [-0.15, -0.1) is 0 Å². The zero-order chi connectivity index (χ0) is 17.4. The van der Waals surface area contributed by atoms with Crippen LogP contribution in [0.15, 0.2) is 48.5 Å². The fourth-order valence-electron chi connectivity index (χ4n) is 3.07. The van der Waals surface area contributed by atoms with Crippen LogP contribution in [0.1, 0.15) is 10.4 Å². The van der Waals surface area contributed by atoms with Gasteiger partial charge in [0, 0.05) is 31.4 Å². The Morgan fingerprint density at radius 2 is 1.76 bits per heavy atom. The monoisotopic (exact) mass is 338 g/mol. The number of benzene rings is 2. The summed E-state index contributed by atoms with van der Waals surface area (Å²) in [6.45, 7) is 1.05. The summed E-state index contributed by atoms with van der Waals surface area (Å²) in [4.78, 5) is 28.4. The fraction of sp³-hybridized carbons (Fsp3) is 0.263. The van der Waals surface area contributed by atoms with Gasteiger partial charge in [-0.25, -0.2) is 0 Å². The predicted molar refractivity (Wildman–Crippen MR) is 91.8 cm³/mol. The second-order valence-corrected chi connectivity index (χ2v) is 6.21. The molecule has 128 valence electrons. The summed E-state index contributed by atoms with van der Waals surface area (Å²) in [5, 5.41) is 0. The number of hydrogen-bond donors (Lipinski definition) is 0. The highest BCUT2D eigenvalue weighted by atomic mass is 16.7. The summed E-state index contributed by atoms with van der Waals surface area (Å²) >= 11 is 0. The Bertz CT molecular complexity index is 815. The maximum atomic E-state index is 12.5. The molecule has 2 amide bonds. The van der Waals surface area contributed by atoms with Gasteiger partial charge < -0.3 is 19.3 Å². The van der Waals surface area contributed by atoms with Crippen LogP contribution in [0.4, 0.5) is 5.69 Å². The van der Waals surface area contributed by atoms with Crippen molar-refractivity contribution in [2.45, 2.75) is 0 Å². The summed E-state index contributed by atoms with van der Waals surface area (Å²) < 4.78 is 10.6. The first-order valence-electron chi connectivity index (χ1n) is 8.15. The first kappa shape index (κ1) is 15.5. The number of rotatable bonds is 3. The van der Waals surface area contributed by atoms with E-state index in [-0.39, 0.29) is 24.5 Å². The van der Waals surface area contributed by atoms with Gasteiger partial charge >= 0.3 is 0 Å². The molecule has 4 rings (SSSR count). The van der Waals surface area contributed by atoms with Crippen molar-refractivity contribution in [3.05, 3.63) is 54.1 Å². The minimum Gasteiger partial charge on any atom is -0.454 e. The third kappa shape index (κ3) is 2.80. The molecule has 0 unspecified atom stereocenters. The lowest BCUT2D eigenvalue weighted by Crippen LogP contribution is -2.56. The molecule has 1 fully saturated rings. The Kier molecular flexibility index (Phi) is 3.80. The van der Waals surface area contributed by atoms with Crippen LogP contribution in [0.3, 0.4) is 0 Å². The standard InChI is InChI=1S/C19H18N2O4/c1-20(15-5-3-2-4-6-15)18(22)14-10-21(11-14)19(23)13-7-8-16-17(9-13)25-12-24-16/h2-9,14H,10-12H2,1H3. The lowest BCUT2D eigenvalue weighted by molar-refractivity contribution is -0.126. The summed E-state index contributed by atoms with van der Waals surface area (Å²) in [6.07, 6.45) is 0. The zero-order valence-corrected chi connectivity index (χ0v) is 13.8. The molecule has 6 heteroatoms. The maximum absolute atomic E-state index is 12.5. The number of ether oxygens (including phenoxy) is 2. The van der Waals surface area contributed by atoms with E-state index in [9.17, 15) is 9.59 Å². The van der Waals surface area contributed by atoms with E-state index in [2.05, 4.69) is 0 Å². The van der Waals surface area contributed by atoms with Crippen LogP contribution in [0.5, 0.6) is 11.5 Å². The minimum atomic E-state index is -0.164. The molecule has 0 aliphatic carbocycles. The van der Waals surface area contributed by atoms with Crippen LogP contribution < -0.4 is 14.4 Å². The summed E-state index contributed by atoms with van der Waals surface area (Å²) in [5.41, 5.74) is 1.40. The van der Waals surface area contributed by atoms with Crippen molar-refractivity contribution in [1.29, 1.82) is 0 Å². The van der Waals surface area contributed by atoms with E-state index in [0.717, 1.165) is 5.69 Å². The van der Waals surface area contributed by atoms with Gasteiger partial charge in [-0.1, -0.05) is 18.2 Å². The molecule has 0 radical (unpaired) electrons. The van der Waals surface area contributed by atoms with Gasteiger partial charge in [-0.3, -0.25) is 9.59 Å². The minimum absolute atomic E-state index is 0.0286. The molecule has 0 saturated carbocycles. The van der Waals surface area contributed by atoms with Crippen molar-refractivity contribution >= 4 is 17.5 Å². The summed E-state index contributed by atoms with van der Waals surface area (Å²) in [7, 11) is 1.76. The van der Waals surface area contributed by atoms with Crippen LogP contribution in [0.25, 0.3) is 0 Å². The number of carbonyl (C=O) groups is 2. The van der Waals surface area contributed by atoms with Crippen molar-refractivity contribution in [3.63, 3.8) is 0 Å². The average molecular weight is 338 g/mol. The molecule has 2 heterocycles. The topological polar surface area (TPSA) is 59.1 Å². The number of amides is 2. The van der Waals surface area contributed by atoms with Crippen molar-refractivity contribution in [2.24, 2.45) is 5.92 Å². The Labute approximate surface area is 145 Å². The molecular formula is C19H18N2O4. The van der Waals surface area contributed by atoms with Crippen molar-refractivity contribution < 1.29 is 19.1 Å². The van der Waals surface area contributed by atoms with Crippen molar-refractivity contribution in [2.75, 3.05) is 31.8 Å². The molecule has 2 aliphatic rings. The van der Waals surface area contributed by atoms with Crippen LogP contribution >= 0.6 is 0 Å². The fourth-order valence-corrected chi connectivity index (χ4v) is 3.07. The zero-order valence-electron chi connectivity index (χ0n) is 13.8. The maximum Gasteiger partial charge on any atom is 0.254 e. The van der Waals surface area contributed by atoms with E-state index in [1.807, 2.05) is 30.3 Å². The molecule has 2 aromatic rings. The predicted octanol–water partition coefficient (Wildman–Crippen LogP) is 2.15. The van der Waals surface area contributed by atoms with E-state index < -0.39 is 0 Å². The highest BCUT2D eigenvalue weighted by Gasteiger charge is 2.38. The van der Waals surface area contributed by atoms with E-state index in [4.69, 9.17) is 9.47 Å². The highest BCUT2D eigenvalue weighted by molar-refractivity contribution is 5.99.